The second-order valence-corrected chi connectivity index (χ2v) is 4.26. The molecule has 0 radical (unpaired) electrons. The first-order valence-electron chi connectivity index (χ1n) is 6.16. The highest BCUT2D eigenvalue weighted by atomic mass is 19.4. The van der Waals surface area contributed by atoms with Gasteiger partial charge in [-0.3, -0.25) is 0 Å². The fraction of sp³-hybridized carbons (Fsp3) is 0.214. The molecule has 0 aliphatic carbocycles. The number of ether oxygens (including phenoxy) is 1. The summed E-state index contributed by atoms with van der Waals surface area (Å²) in [6, 6.07) is 6.48. The predicted molar refractivity (Wildman–Crippen MR) is 73.9 cm³/mol. The van der Waals surface area contributed by atoms with E-state index in [9.17, 15) is 13.2 Å². The Balaban J connectivity index is 2.00. The quantitative estimate of drug-likeness (QED) is 0.886. The summed E-state index contributed by atoms with van der Waals surface area (Å²) in [6.07, 6.45) is 0.592. The van der Waals surface area contributed by atoms with Crippen LogP contribution < -0.4 is 10.1 Å². The van der Waals surface area contributed by atoms with E-state index in [2.05, 4.69) is 17.0 Å². The molecule has 112 valence electrons. The molecule has 2 rings (SSSR count). The van der Waals surface area contributed by atoms with Crippen molar-refractivity contribution in [2.45, 2.75) is 12.7 Å². The summed E-state index contributed by atoms with van der Waals surface area (Å²) < 4.78 is 42.9. The number of para-hydroxylation sites is 2. The number of rotatable bonds is 6. The maximum atomic E-state index is 12.2. The number of nitrogens with one attached hydrogen (secondary N) is 1. The first kappa shape index (κ1) is 15.0. The maximum absolute atomic E-state index is 12.2. The lowest BCUT2D eigenvalue weighted by atomic mass is 10.2. The van der Waals surface area contributed by atoms with Gasteiger partial charge in [0.15, 0.2) is 6.61 Å². The van der Waals surface area contributed by atoms with Crippen molar-refractivity contribution in [3.05, 3.63) is 48.8 Å². The highest BCUT2D eigenvalue weighted by Gasteiger charge is 2.28. The van der Waals surface area contributed by atoms with E-state index in [1.165, 1.54) is 6.07 Å². The van der Waals surface area contributed by atoms with E-state index in [1.54, 1.807) is 41.5 Å². The summed E-state index contributed by atoms with van der Waals surface area (Å²) in [5.41, 5.74) is 1.37. The Morgan fingerprint density at radius 1 is 1.33 bits per heavy atom. The summed E-state index contributed by atoms with van der Waals surface area (Å²) in [5, 5.41) is 7.04. The summed E-state index contributed by atoms with van der Waals surface area (Å²) in [6.45, 7) is 2.68. The molecule has 7 heteroatoms. The summed E-state index contributed by atoms with van der Waals surface area (Å²) in [4.78, 5) is 0. The number of aromatic nitrogens is 2. The van der Waals surface area contributed by atoms with Gasteiger partial charge in [0.25, 0.3) is 0 Å². The van der Waals surface area contributed by atoms with Gasteiger partial charge in [-0.05, 0) is 12.1 Å². The van der Waals surface area contributed by atoms with Crippen molar-refractivity contribution in [3.8, 4) is 5.75 Å². The van der Waals surface area contributed by atoms with Gasteiger partial charge in [0.1, 0.15) is 5.75 Å². The Bertz CT molecular complexity index is 608. The minimum Gasteiger partial charge on any atom is -0.482 e. The minimum absolute atomic E-state index is 0.158. The SMILES string of the molecule is C=Cn1cc(CNc2ccccc2OCC(F)(F)F)cn1. The van der Waals surface area contributed by atoms with Gasteiger partial charge >= 0.3 is 6.18 Å². The van der Waals surface area contributed by atoms with E-state index in [1.807, 2.05) is 0 Å². The average molecular weight is 297 g/mol. The zero-order valence-electron chi connectivity index (χ0n) is 11.1. The van der Waals surface area contributed by atoms with Crippen molar-refractivity contribution in [1.29, 1.82) is 0 Å². The molecule has 0 saturated carbocycles. The van der Waals surface area contributed by atoms with Crippen LogP contribution in [-0.4, -0.2) is 22.6 Å². The number of anilines is 1. The molecule has 0 saturated heterocycles. The molecule has 0 atom stereocenters. The average Bonchev–Trinajstić information content (AvgIpc) is 2.91. The number of halogens is 3. The van der Waals surface area contributed by atoms with Crippen LogP contribution >= 0.6 is 0 Å². The molecule has 4 nitrogen and oxygen atoms in total. The van der Waals surface area contributed by atoms with Gasteiger partial charge in [0.2, 0.25) is 0 Å². The maximum Gasteiger partial charge on any atom is 0.422 e. The Hall–Kier alpha value is -2.44. The fourth-order valence-electron chi connectivity index (χ4n) is 1.66. The molecule has 1 aromatic heterocycles. The van der Waals surface area contributed by atoms with Crippen LogP contribution in [0.25, 0.3) is 6.20 Å². The molecule has 0 spiro atoms. The summed E-state index contributed by atoms with van der Waals surface area (Å²) in [5.74, 6) is 0.158. The monoisotopic (exact) mass is 297 g/mol. The predicted octanol–water partition coefficient (Wildman–Crippen LogP) is 3.54. The molecule has 1 N–H and O–H groups in total. The molecule has 1 heterocycles. The van der Waals surface area contributed by atoms with Crippen molar-refractivity contribution in [2.24, 2.45) is 0 Å². The van der Waals surface area contributed by atoms with Crippen LogP contribution in [0.5, 0.6) is 5.75 Å². The van der Waals surface area contributed by atoms with E-state index < -0.39 is 12.8 Å². The zero-order chi connectivity index (χ0) is 15.3. The van der Waals surface area contributed by atoms with E-state index in [4.69, 9.17) is 4.74 Å². The van der Waals surface area contributed by atoms with Gasteiger partial charge in [0.05, 0.1) is 11.9 Å². The van der Waals surface area contributed by atoms with Crippen molar-refractivity contribution in [2.75, 3.05) is 11.9 Å². The lowest BCUT2D eigenvalue weighted by Gasteiger charge is -2.14. The van der Waals surface area contributed by atoms with Crippen LogP contribution in [0.15, 0.2) is 43.2 Å². The summed E-state index contributed by atoms with van der Waals surface area (Å²) in [7, 11) is 0. The highest BCUT2D eigenvalue weighted by Crippen LogP contribution is 2.26. The fourth-order valence-corrected chi connectivity index (χ4v) is 1.66. The zero-order valence-corrected chi connectivity index (χ0v) is 11.1. The van der Waals surface area contributed by atoms with Gasteiger partial charge < -0.3 is 10.1 Å². The van der Waals surface area contributed by atoms with Crippen LogP contribution in [0.3, 0.4) is 0 Å². The Kier molecular flexibility index (Phi) is 4.52. The van der Waals surface area contributed by atoms with Gasteiger partial charge in [0, 0.05) is 24.5 Å². The molecule has 1 aromatic carbocycles. The van der Waals surface area contributed by atoms with Gasteiger partial charge in [-0.25, -0.2) is 4.68 Å². The van der Waals surface area contributed by atoms with Crippen molar-refractivity contribution >= 4 is 11.9 Å². The smallest absolute Gasteiger partial charge is 0.422 e. The number of alkyl halides is 3. The van der Waals surface area contributed by atoms with E-state index in [0.29, 0.717) is 12.2 Å². The molecule has 2 aromatic rings. The van der Waals surface area contributed by atoms with Crippen LogP contribution in [-0.2, 0) is 6.54 Å². The van der Waals surface area contributed by atoms with Crippen LogP contribution in [0.4, 0.5) is 18.9 Å². The first-order valence-corrected chi connectivity index (χ1v) is 6.16. The number of hydrogen-bond donors (Lipinski definition) is 1. The van der Waals surface area contributed by atoms with Crippen LogP contribution in [0, 0.1) is 0 Å². The lowest BCUT2D eigenvalue weighted by Crippen LogP contribution is -2.19. The number of benzene rings is 1. The topological polar surface area (TPSA) is 39.1 Å². The van der Waals surface area contributed by atoms with Crippen molar-refractivity contribution in [1.82, 2.24) is 9.78 Å². The Labute approximate surface area is 119 Å². The minimum atomic E-state index is -4.36. The van der Waals surface area contributed by atoms with Gasteiger partial charge in [-0.15, -0.1) is 0 Å². The molecule has 0 bridgehead atoms. The molecule has 0 aliphatic heterocycles. The van der Waals surface area contributed by atoms with E-state index >= 15 is 0 Å². The van der Waals surface area contributed by atoms with Gasteiger partial charge in [-0.2, -0.15) is 18.3 Å². The molecule has 0 fully saturated rings. The van der Waals surface area contributed by atoms with Crippen LogP contribution in [0.2, 0.25) is 0 Å². The number of nitrogens with zero attached hydrogens (tertiary/aromatic N) is 2. The molecule has 21 heavy (non-hydrogen) atoms. The first-order chi connectivity index (χ1) is 9.98. The third-order valence-corrected chi connectivity index (χ3v) is 2.60. The molecule has 0 amide bonds. The Morgan fingerprint density at radius 3 is 2.76 bits per heavy atom. The standard InChI is InChI=1S/C14H14F3N3O/c1-2-20-9-11(8-19-20)7-18-12-5-3-4-6-13(12)21-10-14(15,16)17/h2-6,8-9,18H,1,7,10H2. The third kappa shape index (κ3) is 4.55. The van der Waals surface area contributed by atoms with E-state index in [-0.39, 0.29) is 5.75 Å². The van der Waals surface area contributed by atoms with E-state index in [0.717, 1.165) is 5.56 Å². The van der Waals surface area contributed by atoms with Crippen molar-refractivity contribution < 1.29 is 17.9 Å². The third-order valence-electron chi connectivity index (χ3n) is 2.60. The Morgan fingerprint density at radius 2 is 2.10 bits per heavy atom. The highest BCUT2D eigenvalue weighted by molar-refractivity contribution is 5.56. The second-order valence-electron chi connectivity index (χ2n) is 4.26. The molecular formula is C14H14F3N3O. The largest absolute Gasteiger partial charge is 0.482 e. The molecule has 0 unspecified atom stereocenters. The lowest BCUT2D eigenvalue weighted by molar-refractivity contribution is -0.153. The van der Waals surface area contributed by atoms with Crippen LogP contribution in [0.1, 0.15) is 5.56 Å². The number of hydrogen-bond acceptors (Lipinski definition) is 3. The molecule has 0 aliphatic rings. The van der Waals surface area contributed by atoms with Gasteiger partial charge in [-0.1, -0.05) is 18.7 Å². The molecular weight excluding hydrogens is 283 g/mol. The van der Waals surface area contributed by atoms with Crippen molar-refractivity contribution in [3.63, 3.8) is 0 Å². The normalized spacial score (nSPS) is 11.2. The summed E-state index contributed by atoms with van der Waals surface area (Å²) >= 11 is 0. The second kappa shape index (κ2) is 6.34.